The molecule has 156 valence electrons. The summed E-state index contributed by atoms with van der Waals surface area (Å²) >= 11 is 1.21. The van der Waals surface area contributed by atoms with E-state index >= 15 is 0 Å². The topological polar surface area (TPSA) is 104 Å². The Morgan fingerprint density at radius 3 is 2.40 bits per heavy atom. The van der Waals surface area contributed by atoms with Crippen molar-refractivity contribution in [3.05, 3.63) is 63.4 Å². The fraction of sp³-hybridized carbons (Fsp3) is 0.200. The van der Waals surface area contributed by atoms with Crippen LogP contribution in [0.4, 0.5) is 15.8 Å². The van der Waals surface area contributed by atoms with Crippen LogP contribution >= 0.6 is 11.3 Å². The molecule has 0 fully saturated rings. The van der Waals surface area contributed by atoms with Crippen LogP contribution in [0.2, 0.25) is 0 Å². The molecular formula is C20H18FN3O5S. The predicted molar refractivity (Wildman–Crippen MR) is 111 cm³/mol. The van der Waals surface area contributed by atoms with Crippen molar-refractivity contribution in [3.8, 4) is 22.1 Å². The van der Waals surface area contributed by atoms with Crippen molar-refractivity contribution in [2.75, 3.05) is 18.5 Å². The highest BCUT2D eigenvalue weighted by Crippen LogP contribution is 2.38. The summed E-state index contributed by atoms with van der Waals surface area (Å²) in [6, 6.07) is 8.29. The monoisotopic (exact) mass is 431 g/mol. The van der Waals surface area contributed by atoms with Crippen LogP contribution in [0.1, 0.15) is 24.3 Å². The SMILES string of the molecule is CCOc1cc(NC(=O)c2csc(-c3ccc(F)cc3)n2)c([N+](=O)[O-])cc1OCC. The molecule has 30 heavy (non-hydrogen) atoms. The average molecular weight is 431 g/mol. The summed E-state index contributed by atoms with van der Waals surface area (Å²) in [7, 11) is 0. The summed E-state index contributed by atoms with van der Waals surface area (Å²) in [6.45, 7) is 4.13. The Labute approximate surface area is 175 Å². The van der Waals surface area contributed by atoms with Crippen molar-refractivity contribution >= 4 is 28.6 Å². The van der Waals surface area contributed by atoms with E-state index in [-0.39, 0.29) is 34.4 Å². The van der Waals surface area contributed by atoms with Gasteiger partial charge in [-0.2, -0.15) is 0 Å². The first-order valence-electron chi connectivity index (χ1n) is 9.03. The average Bonchev–Trinajstić information content (AvgIpc) is 3.21. The Hall–Kier alpha value is -3.53. The normalized spacial score (nSPS) is 10.5. The highest BCUT2D eigenvalue weighted by molar-refractivity contribution is 7.13. The molecule has 0 unspecified atom stereocenters. The van der Waals surface area contributed by atoms with Gasteiger partial charge in [0.2, 0.25) is 0 Å². The number of carbonyl (C=O) groups is 1. The predicted octanol–water partition coefficient (Wildman–Crippen LogP) is 4.91. The van der Waals surface area contributed by atoms with Crippen LogP contribution in [-0.4, -0.2) is 29.0 Å². The molecule has 1 heterocycles. The third kappa shape index (κ3) is 4.71. The summed E-state index contributed by atoms with van der Waals surface area (Å²) < 4.78 is 24.0. The number of nitrogens with one attached hydrogen (secondary N) is 1. The maximum absolute atomic E-state index is 13.1. The van der Waals surface area contributed by atoms with Gasteiger partial charge in [-0.1, -0.05) is 0 Å². The number of rotatable bonds is 8. The number of amides is 1. The van der Waals surface area contributed by atoms with Crippen LogP contribution in [0.5, 0.6) is 11.5 Å². The van der Waals surface area contributed by atoms with Crippen molar-refractivity contribution < 1.29 is 23.6 Å². The molecule has 0 radical (unpaired) electrons. The van der Waals surface area contributed by atoms with Crippen LogP contribution in [0.25, 0.3) is 10.6 Å². The molecule has 2 aromatic carbocycles. The van der Waals surface area contributed by atoms with E-state index in [0.717, 1.165) is 0 Å². The van der Waals surface area contributed by atoms with Gasteiger partial charge in [-0.25, -0.2) is 9.37 Å². The van der Waals surface area contributed by atoms with Crippen molar-refractivity contribution in [3.63, 3.8) is 0 Å². The summed E-state index contributed by atoms with van der Waals surface area (Å²) in [6.07, 6.45) is 0. The van der Waals surface area contributed by atoms with Crippen LogP contribution in [0, 0.1) is 15.9 Å². The lowest BCUT2D eigenvalue weighted by molar-refractivity contribution is -0.384. The Morgan fingerprint density at radius 2 is 1.80 bits per heavy atom. The van der Waals surface area contributed by atoms with Gasteiger partial charge in [-0.3, -0.25) is 14.9 Å². The summed E-state index contributed by atoms with van der Waals surface area (Å²) in [5, 5.41) is 16.1. The number of aromatic nitrogens is 1. The van der Waals surface area contributed by atoms with Crippen LogP contribution in [0.15, 0.2) is 41.8 Å². The summed E-state index contributed by atoms with van der Waals surface area (Å²) in [4.78, 5) is 27.8. The van der Waals surface area contributed by atoms with E-state index < -0.39 is 10.8 Å². The van der Waals surface area contributed by atoms with Crippen molar-refractivity contribution in [2.45, 2.75) is 13.8 Å². The quantitative estimate of drug-likeness (QED) is 0.402. The third-order valence-electron chi connectivity index (χ3n) is 3.93. The summed E-state index contributed by atoms with van der Waals surface area (Å²) in [5.41, 5.74) is 0.379. The molecule has 0 aliphatic heterocycles. The highest BCUT2D eigenvalue weighted by Gasteiger charge is 2.23. The van der Waals surface area contributed by atoms with E-state index in [0.29, 0.717) is 23.8 Å². The minimum absolute atomic E-state index is 0.0340. The zero-order chi connectivity index (χ0) is 21.7. The Kier molecular flexibility index (Phi) is 6.58. The number of nitrogens with zero attached hydrogens (tertiary/aromatic N) is 2. The molecule has 0 bridgehead atoms. The van der Waals surface area contributed by atoms with Gasteiger partial charge in [0.25, 0.3) is 11.6 Å². The van der Waals surface area contributed by atoms with Gasteiger partial charge in [-0.15, -0.1) is 11.3 Å². The van der Waals surface area contributed by atoms with Gasteiger partial charge in [0.15, 0.2) is 11.5 Å². The van der Waals surface area contributed by atoms with Crippen LogP contribution in [-0.2, 0) is 0 Å². The fourth-order valence-corrected chi connectivity index (χ4v) is 3.43. The molecule has 0 spiro atoms. The molecule has 8 nitrogen and oxygen atoms in total. The number of hydrogen-bond donors (Lipinski definition) is 1. The lowest BCUT2D eigenvalue weighted by Gasteiger charge is -2.13. The fourth-order valence-electron chi connectivity index (χ4n) is 2.63. The second kappa shape index (κ2) is 9.31. The van der Waals surface area contributed by atoms with Gasteiger partial charge in [-0.05, 0) is 38.1 Å². The molecule has 3 aromatic rings. The largest absolute Gasteiger partial charge is 0.490 e. The minimum Gasteiger partial charge on any atom is -0.490 e. The molecule has 0 aliphatic rings. The number of carbonyl (C=O) groups excluding carboxylic acids is 1. The highest BCUT2D eigenvalue weighted by atomic mass is 32.1. The molecule has 0 saturated heterocycles. The zero-order valence-corrected chi connectivity index (χ0v) is 17.0. The standard InChI is InChI=1S/C20H18FN3O5S/c1-3-28-17-9-14(16(24(26)27)10-18(17)29-4-2)22-19(25)15-11-30-20(23-15)12-5-7-13(21)8-6-12/h5-11H,3-4H2,1-2H3,(H,22,25). The van der Waals surface area contributed by atoms with E-state index in [1.807, 2.05) is 0 Å². The van der Waals surface area contributed by atoms with E-state index in [2.05, 4.69) is 10.3 Å². The van der Waals surface area contributed by atoms with Crippen LogP contribution in [0.3, 0.4) is 0 Å². The Morgan fingerprint density at radius 1 is 1.17 bits per heavy atom. The maximum atomic E-state index is 13.1. The number of hydrogen-bond acceptors (Lipinski definition) is 7. The molecule has 1 aromatic heterocycles. The Balaban J connectivity index is 1.89. The van der Waals surface area contributed by atoms with Gasteiger partial charge >= 0.3 is 0 Å². The first-order chi connectivity index (χ1) is 14.4. The maximum Gasteiger partial charge on any atom is 0.296 e. The molecule has 1 N–H and O–H groups in total. The molecule has 0 atom stereocenters. The molecule has 10 heteroatoms. The molecule has 0 saturated carbocycles. The second-order valence-corrected chi connectivity index (χ2v) is 6.80. The molecule has 3 rings (SSSR count). The lowest BCUT2D eigenvalue weighted by Crippen LogP contribution is -2.14. The Bertz CT molecular complexity index is 1070. The van der Waals surface area contributed by atoms with Gasteiger partial charge in [0.1, 0.15) is 22.2 Å². The molecule has 0 aliphatic carbocycles. The van der Waals surface area contributed by atoms with Crippen molar-refractivity contribution in [1.29, 1.82) is 0 Å². The van der Waals surface area contributed by atoms with E-state index in [4.69, 9.17) is 9.47 Å². The number of thiazole rings is 1. The van der Waals surface area contributed by atoms with Crippen molar-refractivity contribution in [2.24, 2.45) is 0 Å². The van der Waals surface area contributed by atoms with Crippen molar-refractivity contribution in [1.82, 2.24) is 4.98 Å². The smallest absolute Gasteiger partial charge is 0.296 e. The van der Waals surface area contributed by atoms with Crippen LogP contribution < -0.4 is 14.8 Å². The zero-order valence-electron chi connectivity index (χ0n) is 16.2. The van der Waals surface area contributed by atoms with E-state index in [1.165, 1.54) is 41.0 Å². The lowest BCUT2D eigenvalue weighted by atomic mass is 10.2. The van der Waals surface area contributed by atoms with E-state index in [1.54, 1.807) is 26.0 Å². The number of anilines is 1. The third-order valence-corrected chi connectivity index (χ3v) is 4.83. The second-order valence-electron chi connectivity index (χ2n) is 5.94. The van der Waals surface area contributed by atoms with E-state index in [9.17, 15) is 19.3 Å². The first kappa shape index (κ1) is 21.2. The molecule has 1 amide bonds. The number of benzene rings is 2. The summed E-state index contributed by atoms with van der Waals surface area (Å²) in [5.74, 6) is -0.489. The first-order valence-corrected chi connectivity index (χ1v) is 9.91. The number of halogens is 1. The van der Waals surface area contributed by atoms with Gasteiger partial charge in [0, 0.05) is 17.0 Å². The molecular weight excluding hydrogens is 413 g/mol. The number of nitro benzene ring substituents is 1. The van der Waals surface area contributed by atoms with Gasteiger partial charge < -0.3 is 14.8 Å². The van der Waals surface area contributed by atoms with Gasteiger partial charge in [0.05, 0.1) is 24.2 Å². The minimum atomic E-state index is -0.616. The number of nitro groups is 1. The number of ether oxygens (including phenoxy) is 2.